The van der Waals surface area contributed by atoms with Gasteiger partial charge in [-0.15, -0.1) is 0 Å². The molecule has 100 valence electrons. The minimum atomic E-state index is -0.297. The van der Waals surface area contributed by atoms with Gasteiger partial charge in [0.1, 0.15) is 5.75 Å². The summed E-state index contributed by atoms with van der Waals surface area (Å²) in [5, 5.41) is 0. The van der Waals surface area contributed by atoms with Gasteiger partial charge in [-0.25, -0.2) is 5.84 Å². The summed E-state index contributed by atoms with van der Waals surface area (Å²) in [4.78, 5) is 11.2. The molecule has 4 nitrogen and oxygen atoms in total. The Balaban J connectivity index is 2.29. The van der Waals surface area contributed by atoms with Gasteiger partial charge in [0.15, 0.2) is 0 Å². The molecule has 0 atom stereocenters. The van der Waals surface area contributed by atoms with Gasteiger partial charge < -0.3 is 4.74 Å². The molecule has 0 saturated heterocycles. The van der Waals surface area contributed by atoms with Crippen molar-refractivity contribution < 1.29 is 9.53 Å². The van der Waals surface area contributed by atoms with E-state index in [1.165, 1.54) is 0 Å². The van der Waals surface area contributed by atoms with Gasteiger partial charge >= 0.3 is 0 Å². The summed E-state index contributed by atoms with van der Waals surface area (Å²) in [6, 6.07) is 6.94. The fourth-order valence-electron chi connectivity index (χ4n) is 1.32. The zero-order valence-electron chi connectivity index (χ0n) is 10.8. The number of hydrogen-bond donors (Lipinski definition) is 2. The summed E-state index contributed by atoms with van der Waals surface area (Å²) in [5.74, 6) is 8.36. The van der Waals surface area contributed by atoms with Crippen molar-refractivity contribution in [1.82, 2.24) is 5.43 Å². The molecule has 5 heteroatoms. The van der Waals surface area contributed by atoms with Crippen LogP contribution in [0.1, 0.15) is 24.2 Å². The van der Waals surface area contributed by atoms with Crippen LogP contribution in [0.25, 0.3) is 0 Å². The molecule has 18 heavy (non-hydrogen) atoms. The Hall–Kier alpha value is -1.20. The maximum Gasteiger partial charge on any atom is 0.265 e. The molecule has 0 saturated carbocycles. The number of ether oxygens (including phenoxy) is 1. The van der Waals surface area contributed by atoms with Gasteiger partial charge in [0.25, 0.3) is 5.91 Å². The molecular formula is C13H20N2O2S. The molecule has 0 aliphatic rings. The summed E-state index contributed by atoms with van der Waals surface area (Å²) in [6.45, 7) is 5.09. The number of carbonyl (C=O) groups excluding carboxylic acids is 1. The van der Waals surface area contributed by atoms with Crippen LogP contribution >= 0.6 is 11.8 Å². The van der Waals surface area contributed by atoms with Crippen LogP contribution in [0.3, 0.4) is 0 Å². The van der Waals surface area contributed by atoms with E-state index in [2.05, 4.69) is 19.3 Å². The molecular weight excluding hydrogens is 248 g/mol. The van der Waals surface area contributed by atoms with Crippen LogP contribution in [0, 0.1) is 5.92 Å². The monoisotopic (exact) mass is 268 g/mol. The Morgan fingerprint density at radius 3 is 2.61 bits per heavy atom. The van der Waals surface area contributed by atoms with Crippen molar-refractivity contribution in [2.24, 2.45) is 11.8 Å². The molecule has 1 amide bonds. The third kappa shape index (κ3) is 5.42. The van der Waals surface area contributed by atoms with E-state index in [-0.39, 0.29) is 5.91 Å². The molecule has 1 rings (SSSR count). The molecule has 0 unspecified atom stereocenters. The quantitative estimate of drug-likeness (QED) is 0.344. The first kappa shape index (κ1) is 14.9. The number of benzene rings is 1. The summed E-state index contributed by atoms with van der Waals surface area (Å²) in [5.41, 5.74) is 2.61. The van der Waals surface area contributed by atoms with E-state index in [4.69, 9.17) is 10.6 Å². The van der Waals surface area contributed by atoms with Crippen LogP contribution in [0.4, 0.5) is 0 Å². The zero-order chi connectivity index (χ0) is 13.4. The van der Waals surface area contributed by atoms with Crippen molar-refractivity contribution in [3.05, 3.63) is 29.8 Å². The van der Waals surface area contributed by atoms with Crippen molar-refractivity contribution in [2.45, 2.75) is 13.8 Å². The standard InChI is InChI=1S/C13H20N2O2S/c1-10(2)9-18-8-7-17-12-5-3-11(4-6-12)13(16)15-14/h3-6,10H,7-9,14H2,1-2H3,(H,15,16). The van der Waals surface area contributed by atoms with Crippen LogP contribution < -0.4 is 16.0 Å². The highest BCUT2D eigenvalue weighted by atomic mass is 32.2. The number of carbonyl (C=O) groups is 1. The van der Waals surface area contributed by atoms with E-state index in [9.17, 15) is 4.79 Å². The van der Waals surface area contributed by atoms with Crippen molar-refractivity contribution in [3.63, 3.8) is 0 Å². The molecule has 0 aliphatic heterocycles. The molecule has 1 aromatic carbocycles. The third-order valence-corrected chi connectivity index (χ3v) is 3.55. The number of hydrazine groups is 1. The number of nitrogen functional groups attached to an aromatic ring is 1. The van der Waals surface area contributed by atoms with Crippen LogP contribution in [0.5, 0.6) is 5.75 Å². The zero-order valence-corrected chi connectivity index (χ0v) is 11.6. The highest BCUT2D eigenvalue weighted by Crippen LogP contribution is 2.13. The Bertz CT molecular complexity index is 366. The number of nitrogens with two attached hydrogens (primary N) is 1. The smallest absolute Gasteiger partial charge is 0.265 e. The Morgan fingerprint density at radius 2 is 2.06 bits per heavy atom. The van der Waals surface area contributed by atoms with Gasteiger partial charge in [-0.1, -0.05) is 13.8 Å². The predicted octanol–water partition coefficient (Wildman–Crippen LogP) is 2.06. The number of nitrogens with one attached hydrogen (secondary N) is 1. The Labute approximate surface area is 112 Å². The van der Waals surface area contributed by atoms with Crippen molar-refractivity contribution in [1.29, 1.82) is 0 Å². The van der Waals surface area contributed by atoms with Gasteiger partial charge in [-0.05, 0) is 35.9 Å². The number of rotatable bonds is 7. The van der Waals surface area contributed by atoms with Gasteiger partial charge in [-0.2, -0.15) is 11.8 Å². The highest BCUT2D eigenvalue weighted by Gasteiger charge is 2.02. The van der Waals surface area contributed by atoms with E-state index in [1.54, 1.807) is 24.3 Å². The number of hydrogen-bond acceptors (Lipinski definition) is 4. The lowest BCUT2D eigenvalue weighted by molar-refractivity contribution is 0.0953. The predicted molar refractivity (Wildman–Crippen MR) is 75.8 cm³/mol. The lowest BCUT2D eigenvalue weighted by Crippen LogP contribution is -2.29. The van der Waals surface area contributed by atoms with Crippen LogP contribution in [0.15, 0.2) is 24.3 Å². The summed E-state index contributed by atoms with van der Waals surface area (Å²) in [6.07, 6.45) is 0. The molecule has 0 spiro atoms. The van der Waals surface area contributed by atoms with Crippen molar-refractivity contribution in [3.8, 4) is 5.75 Å². The first-order chi connectivity index (χ1) is 8.63. The highest BCUT2D eigenvalue weighted by molar-refractivity contribution is 7.99. The lowest BCUT2D eigenvalue weighted by Gasteiger charge is -2.07. The lowest BCUT2D eigenvalue weighted by atomic mass is 10.2. The van der Waals surface area contributed by atoms with Crippen molar-refractivity contribution >= 4 is 17.7 Å². The summed E-state index contributed by atoms with van der Waals surface area (Å²) < 4.78 is 5.57. The maximum atomic E-state index is 11.2. The SMILES string of the molecule is CC(C)CSCCOc1ccc(C(=O)NN)cc1. The van der Waals surface area contributed by atoms with E-state index < -0.39 is 0 Å². The third-order valence-electron chi connectivity index (χ3n) is 2.20. The first-order valence-electron chi connectivity index (χ1n) is 5.95. The second-order valence-electron chi connectivity index (χ2n) is 4.32. The number of thioether (sulfide) groups is 1. The molecule has 0 radical (unpaired) electrons. The minimum Gasteiger partial charge on any atom is -0.493 e. The minimum absolute atomic E-state index is 0.297. The first-order valence-corrected chi connectivity index (χ1v) is 7.10. The Kier molecular flexibility index (Phi) is 6.60. The van der Waals surface area contributed by atoms with Gasteiger partial charge in [0, 0.05) is 11.3 Å². The normalized spacial score (nSPS) is 10.4. The molecule has 0 bridgehead atoms. The topological polar surface area (TPSA) is 64.3 Å². The molecule has 0 aliphatic carbocycles. The van der Waals surface area contributed by atoms with Crippen LogP contribution in [-0.4, -0.2) is 24.0 Å². The molecule has 0 fully saturated rings. The van der Waals surface area contributed by atoms with Gasteiger partial charge in [0.2, 0.25) is 0 Å². The van der Waals surface area contributed by atoms with E-state index >= 15 is 0 Å². The summed E-state index contributed by atoms with van der Waals surface area (Å²) >= 11 is 1.89. The fraction of sp³-hybridized carbons (Fsp3) is 0.462. The van der Waals surface area contributed by atoms with Crippen LogP contribution in [-0.2, 0) is 0 Å². The van der Waals surface area contributed by atoms with Gasteiger partial charge in [-0.3, -0.25) is 10.2 Å². The molecule has 3 N–H and O–H groups in total. The molecule has 0 aromatic heterocycles. The van der Waals surface area contributed by atoms with E-state index in [0.717, 1.165) is 17.3 Å². The summed E-state index contributed by atoms with van der Waals surface area (Å²) in [7, 11) is 0. The fourth-order valence-corrected chi connectivity index (χ4v) is 2.16. The molecule has 1 aromatic rings. The molecule has 0 heterocycles. The van der Waals surface area contributed by atoms with Crippen LogP contribution in [0.2, 0.25) is 0 Å². The second-order valence-corrected chi connectivity index (χ2v) is 5.46. The van der Waals surface area contributed by atoms with Gasteiger partial charge in [0.05, 0.1) is 6.61 Å². The van der Waals surface area contributed by atoms with Crippen molar-refractivity contribution in [2.75, 3.05) is 18.1 Å². The average molecular weight is 268 g/mol. The second kappa shape index (κ2) is 8.00. The maximum absolute atomic E-state index is 11.2. The average Bonchev–Trinajstić information content (AvgIpc) is 2.38. The van der Waals surface area contributed by atoms with E-state index in [0.29, 0.717) is 18.1 Å². The largest absolute Gasteiger partial charge is 0.493 e. The Morgan fingerprint density at radius 1 is 1.39 bits per heavy atom. The number of amides is 1. The van der Waals surface area contributed by atoms with E-state index in [1.807, 2.05) is 11.8 Å².